The van der Waals surface area contributed by atoms with E-state index in [0.717, 1.165) is 34.9 Å². The molecule has 0 bridgehead atoms. The van der Waals surface area contributed by atoms with Crippen LogP contribution < -0.4 is 5.32 Å². The number of hydrogen-bond acceptors (Lipinski definition) is 3. The smallest absolute Gasteiger partial charge is 0.0149 e. The third-order valence-corrected chi connectivity index (χ3v) is 6.35. The molecule has 1 aliphatic carbocycles. The van der Waals surface area contributed by atoms with Gasteiger partial charge in [-0.1, -0.05) is 34.1 Å². The fourth-order valence-electron chi connectivity index (χ4n) is 4.23. The van der Waals surface area contributed by atoms with Gasteiger partial charge < -0.3 is 10.2 Å². The monoisotopic (exact) mass is 298 g/mol. The normalized spacial score (nSPS) is 39.9. The van der Waals surface area contributed by atoms with Crippen molar-refractivity contribution in [1.29, 1.82) is 0 Å². The van der Waals surface area contributed by atoms with Crippen molar-refractivity contribution in [2.75, 3.05) is 26.2 Å². The minimum Gasteiger partial charge on any atom is -0.314 e. The zero-order chi connectivity index (χ0) is 14.5. The lowest BCUT2D eigenvalue weighted by Crippen LogP contribution is -2.49. The second-order valence-corrected chi connectivity index (χ2v) is 8.87. The molecule has 1 saturated heterocycles. The molecule has 0 radical (unpaired) electrons. The Balaban J connectivity index is 1.92. The molecule has 5 atom stereocenters. The lowest BCUT2D eigenvalue weighted by molar-refractivity contribution is 0.137. The van der Waals surface area contributed by atoms with Gasteiger partial charge in [0.25, 0.3) is 0 Å². The second-order valence-electron chi connectivity index (χ2n) is 6.99. The molecule has 1 saturated carbocycles. The van der Waals surface area contributed by atoms with E-state index in [1.807, 2.05) is 0 Å². The summed E-state index contributed by atoms with van der Waals surface area (Å²) >= 11 is 2.17. The second kappa shape index (κ2) is 8.05. The van der Waals surface area contributed by atoms with E-state index in [-0.39, 0.29) is 0 Å². The third-order valence-electron chi connectivity index (χ3n) is 5.12. The van der Waals surface area contributed by atoms with E-state index in [1.54, 1.807) is 0 Å². The molecule has 2 rings (SSSR count). The average Bonchev–Trinajstić information content (AvgIpc) is 2.40. The van der Waals surface area contributed by atoms with Gasteiger partial charge in [-0.25, -0.2) is 0 Å². The Hall–Kier alpha value is 0.270. The molecule has 2 nitrogen and oxygen atoms in total. The van der Waals surface area contributed by atoms with Gasteiger partial charge in [-0.05, 0) is 37.6 Å². The van der Waals surface area contributed by atoms with Gasteiger partial charge in [-0.2, -0.15) is 11.8 Å². The van der Waals surface area contributed by atoms with Gasteiger partial charge >= 0.3 is 0 Å². The molecule has 3 heteroatoms. The number of thioether (sulfide) groups is 1. The Kier molecular flexibility index (Phi) is 6.70. The Morgan fingerprint density at radius 2 is 1.80 bits per heavy atom. The summed E-state index contributed by atoms with van der Waals surface area (Å²) in [5.74, 6) is 1.85. The van der Waals surface area contributed by atoms with E-state index >= 15 is 0 Å². The van der Waals surface area contributed by atoms with Crippen molar-refractivity contribution < 1.29 is 0 Å². The van der Waals surface area contributed by atoms with Crippen molar-refractivity contribution in [3.63, 3.8) is 0 Å². The molecule has 0 amide bonds. The van der Waals surface area contributed by atoms with E-state index in [4.69, 9.17) is 0 Å². The minimum absolute atomic E-state index is 0.767. The van der Waals surface area contributed by atoms with Crippen LogP contribution in [0.3, 0.4) is 0 Å². The number of hydrogen-bond donors (Lipinski definition) is 1. The highest BCUT2D eigenvalue weighted by Gasteiger charge is 2.32. The van der Waals surface area contributed by atoms with Crippen LogP contribution in [0.25, 0.3) is 0 Å². The van der Waals surface area contributed by atoms with Gasteiger partial charge in [0.05, 0.1) is 0 Å². The summed E-state index contributed by atoms with van der Waals surface area (Å²) in [6.07, 6.45) is 5.65. The quantitative estimate of drug-likeness (QED) is 0.834. The molecular formula is C17H34N2S. The Labute approximate surface area is 130 Å². The van der Waals surface area contributed by atoms with Gasteiger partial charge in [-0.15, -0.1) is 0 Å². The molecule has 2 aliphatic rings. The fraction of sp³-hybridized carbons (Fsp3) is 1.00. The zero-order valence-electron chi connectivity index (χ0n) is 13.9. The molecule has 0 aromatic rings. The molecule has 118 valence electrons. The molecule has 1 heterocycles. The number of rotatable bonds is 5. The minimum atomic E-state index is 0.767. The molecular weight excluding hydrogens is 264 g/mol. The number of nitrogens with one attached hydrogen (secondary N) is 1. The molecule has 0 aromatic heterocycles. The standard InChI is InChI=1S/C17H34N2S/c1-5-15-7-8-17(18-6-2)16(9-15)12-19-10-13(3)20-14(4)11-19/h13-18H,5-12H2,1-4H3. The predicted molar refractivity (Wildman–Crippen MR) is 91.5 cm³/mol. The van der Waals surface area contributed by atoms with Crippen molar-refractivity contribution in [3.8, 4) is 0 Å². The molecule has 5 unspecified atom stereocenters. The van der Waals surface area contributed by atoms with Crippen LogP contribution in [-0.4, -0.2) is 47.6 Å². The van der Waals surface area contributed by atoms with Gasteiger partial charge in [0.2, 0.25) is 0 Å². The van der Waals surface area contributed by atoms with Crippen LogP contribution in [0.1, 0.15) is 53.4 Å². The van der Waals surface area contributed by atoms with Crippen molar-refractivity contribution in [1.82, 2.24) is 10.2 Å². The lowest BCUT2D eigenvalue weighted by atomic mass is 9.76. The molecule has 1 N–H and O–H groups in total. The first-order chi connectivity index (χ1) is 9.62. The highest BCUT2D eigenvalue weighted by Crippen LogP contribution is 2.33. The number of nitrogens with zero attached hydrogens (tertiary/aromatic N) is 1. The van der Waals surface area contributed by atoms with Crippen molar-refractivity contribution in [3.05, 3.63) is 0 Å². The third kappa shape index (κ3) is 4.64. The largest absolute Gasteiger partial charge is 0.314 e. The first-order valence-electron chi connectivity index (χ1n) is 8.73. The first kappa shape index (κ1) is 16.6. The Bertz CT molecular complexity index is 274. The maximum Gasteiger partial charge on any atom is 0.0149 e. The average molecular weight is 299 g/mol. The van der Waals surface area contributed by atoms with E-state index in [2.05, 4.69) is 49.7 Å². The summed E-state index contributed by atoms with van der Waals surface area (Å²) in [4.78, 5) is 2.75. The van der Waals surface area contributed by atoms with Crippen LogP contribution in [0.4, 0.5) is 0 Å². The molecule has 20 heavy (non-hydrogen) atoms. The van der Waals surface area contributed by atoms with E-state index in [1.165, 1.54) is 45.3 Å². The predicted octanol–water partition coefficient (Wildman–Crippen LogP) is 3.62. The lowest BCUT2D eigenvalue weighted by Gasteiger charge is -2.42. The van der Waals surface area contributed by atoms with Gasteiger partial charge in [0, 0.05) is 36.2 Å². The van der Waals surface area contributed by atoms with Crippen LogP contribution in [0.15, 0.2) is 0 Å². The fourth-order valence-corrected chi connectivity index (χ4v) is 5.62. The van der Waals surface area contributed by atoms with Crippen LogP contribution in [-0.2, 0) is 0 Å². The van der Waals surface area contributed by atoms with Crippen molar-refractivity contribution >= 4 is 11.8 Å². The summed E-state index contributed by atoms with van der Waals surface area (Å²) in [6.45, 7) is 14.4. The summed E-state index contributed by atoms with van der Waals surface area (Å²) in [7, 11) is 0. The Morgan fingerprint density at radius 1 is 1.10 bits per heavy atom. The summed E-state index contributed by atoms with van der Waals surface area (Å²) < 4.78 is 0. The van der Waals surface area contributed by atoms with Crippen molar-refractivity contribution in [2.24, 2.45) is 11.8 Å². The molecule has 0 aromatic carbocycles. The maximum absolute atomic E-state index is 3.76. The summed E-state index contributed by atoms with van der Waals surface area (Å²) in [5, 5.41) is 5.37. The Morgan fingerprint density at radius 3 is 2.40 bits per heavy atom. The maximum atomic E-state index is 3.76. The molecule has 0 spiro atoms. The van der Waals surface area contributed by atoms with Gasteiger partial charge in [0.15, 0.2) is 0 Å². The SMILES string of the molecule is CCNC1CCC(CC)CC1CN1CC(C)SC(C)C1. The molecule has 1 aliphatic heterocycles. The van der Waals surface area contributed by atoms with Gasteiger partial charge in [0.1, 0.15) is 0 Å². The van der Waals surface area contributed by atoms with E-state index < -0.39 is 0 Å². The van der Waals surface area contributed by atoms with E-state index in [0.29, 0.717) is 0 Å². The van der Waals surface area contributed by atoms with Crippen LogP contribution >= 0.6 is 11.8 Å². The summed E-state index contributed by atoms with van der Waals surface area (Å²) in [5.41, 5.74) is 0. The van der Waals surface area contributed by atoms with Crippen LogP contribution in [0.2, 0.25) is 0 Å². The molecule has 2 fully saturated rings. The topological polar surface area (TPSA) is 15.3 Å². The van der Waals surface area contributed by atoms with Crippen LogP contribution in [0.5, 0.6) is 0 Å². The van der Waals surface area contributed by atoms with Crippen molar-refractivity contribution in [2.45, 2.75) is 69.9 Å². The highest BCUT2D eigenvalue weighted by molar-refractivity contribution is 8.00. The zero-order valence-corrected chi connectivity index (χ0v) is 14.7. The van der Waals surface area contributed by atoms with Gasteiger partial charge in [-0.3, -0.25) is 0 Å². The highest BCUT2D eigenvalue weighted by atomic mass is 32.2. The van der Waals surface area contributed by atoms with Crippen LogP contribution in [0, 0.1) is 11.8 Å². The first-order valence-corrected chi connectivity index (χ1v) is 9.67. The van der Waals surface area contributed by atoms with E-state index in [9.17, 15) is 0 Å². The summed E-state index contributed by atoms with van der Waals surface area (Å²) in [6, 6.07) is 0.767.